The van der Waals surface area contributed by atoms with Crippen LogP contribution in [0, 0.1) is 12.3 Å². The first-order chi connectivity index (χ1) is 18.0. The number of aromatic nitrogens is 1. The molecule has 2 heterocycles. The highest BCUT2D eigenvalue weighted by molar-refractivity contribution is 6.13. The molecule has 0 N–H and O–H groups in total. The molecular weight excluding hydrogens is 438 g/mol. The molecule has 0 unspecified atom stereocenters. The van der Waals surface area contributed by atoms with Gasteiger partial charge in [-0.1, -0.05) is 81.4 Å². The molecule has 0 aliphatic carbocycles. The number of pyridine rings is 1. The lowest BCUT2D eigenvalue weighted by Gasteiger charge is -2.18. The molecular formula is C34H32NO+. The van der Waals surface area contributed by atoms with Crippen molar-refractivity contribution in [3.63, 3.8) is 0 Å². The van der Waals surface area contributed by atoms with Gasteiger partial charge in [-0.15, -0.1) is 0 Å². The lowest BCUT2D eigenvalue weighted by atomic mass is 9.88. The molecule has 4 aromatic carbocycles. The van der Waals surface area contributed by atoms with E-state index in [1.54, 1.807) is 0 Å². The van der Waals surface area contributed by atoms with Crippen LogP contribution in [0.5, 0.6) is 0 Å². The molecule has 0 spiro atoms. The first-order valence-electron chi connectivity index (χ1n) is 13.5. The van der Waals surface area contributed by atoms with Crippen LogP contribution in [-0.2, 0) is 13.4 Å². The van der Waals surface area contributed by atoms with Crippen LogP contribution >= 0.6 is 0 Å². The van der Waals surface area contributed by atoms with E-state index in [1.807, 2.05) is 45.0 Å². The third-order valence-corrected chi connectivity index (χ3v) is 6.84. The van der Waals surface area contributed by atoms with Gasteiger partial charge in [-0.3, -0.25) is 0 Å². The third-order valence-electron chi connectivity index (χ3n) is 6.84. The SMILES string of the molecule is [2H]C([2H])(c1ccc(-c2ccc(-c3c(C)ccc4c3oc3cc5ccccc5cc34)[n+](C)c2)cc1)C(C)(C)C. The summed E-state index contributed by atoms with van der Waals surface area (Å²) in [5.74, 6) is 0. The Bertz CT molecular complexity index is 1840. The Morgan fingerprint density at radius 2 is 1.50 bits per heavy atom. The molecule has 0 atom stereocenters. The monoisotopic (exact) mass is 472 g/mol. The number of furan rings is 1. The maximum absolute atomic E-state index is 8.57. The van der Waals surface area contributed by atoms with Crippen LogP contribution in [-0.4, -0.2) is 0 Å². The Hall–Kier alpha value is -3.91. The van der Waals surface area contributed by atoms with Crippen molar-refractivity contribution in [3.8, 4) is 22.4 Å². The second kappa shape index (κ2) is 8.34. The Labute approximate surface area is 215 Å². The number of rotatable bonds is 3. The molecule has 36 heavy (non-hydrogen) atoms. The smallest absolute Gasteiger partial charge is 0.216 e. The minimum absolute atomic E-state index is 0.481. The summed E-state index contributed by atoms with van der Waals surface area (Å²) in [5.41, 5.74) is 7.53. The summed E-state index contributed by atoms with van der Waals surface area (Å²) in [6.07, 6.45) is 0.729. The first kappa shape index (κ1) is 20.3. The van der Waals surface area contributed by atoms with Crippen LogP contribution in [0.15, 0.2) is 95.5 Å². The van der Waals surface area contributed by atoms with Gasteiger partial charge in [-0.2, -0.15) is 0 Å². The summed E-state index contributed by atoms with van der Waals surface area (Å²) in [6.45, 7) is 7.94. The molecule has 178 valence electrons. The number of fused-ring (bicyclic) bond motifs is 4. The minimum atomic E-state index is -1.41. The quantitative estimate of drug-likeness (QED) is 0.235. The first-order valence-corrected chi connectivity index (χ1v) is 12.5. The Kier molecular flexibility index (Phi) is 4.70. The predicted octanol–water partition coefficient (Wildman–Crippen LogP) is 8.79. The lowest BCUT2D eigenvalue weighted by Crippen LogP contribution is -2.31. The van der Waals surface area contributed by atoms with Gasteiger partial charge in [0.2, 0.25) is 5.69 Å². The van der Waals surface area contributed by atoms with Crippen molar-refractivity contribution in [1.82, 2.24) is 0 Å². The fourth-order valence-electron chi connectivity index (χ4n) is 5.16. The van der Waals surface area contributed by atoms with Gasteiger partial charge in [-0.05, 0) is 64.4 Å². The molecule has 0 aliphatic heterocycles. The molecule has 0 radical (unpaired) electrons. The Balaban J connectivity index is 1.44. The lowest BCUT2D eigenvalue weighted by molar-refractivity contribution is -0.659. The predicted molar refractivity (Wildman–Crippen MR) is 151 cm³/mol. The van der Waals surface area contributed by atoms with Crippen molar-refractivity contribution in [1.29, 1.82) is 0 Å². The molecule has 0 saturated carbocycles. The summed E-state index contributed by atoms with van der Waals surface area (Å²) in [5, 5.41) is 4.64. The maximum Gasteiger partial charge on any atom is 0.216 e. The van der Waals surface area contributed by atoms with E-state index in [1.165, 1.54) is 16.3 Å². The number of benzene rings is 4. The van der Waals surface area contributed by atoms with Crippen molar-refractivity contribution in [3.05, 3.63) is 102 Å². The minimum Gasteiger partial charge on any atom is -0.455 e. The molecule has 6 aromatic rings. The van der Waals surface area contributed by atoms with Crippen LogP contribution in [0.25, 0.3) is 55.1 Å². The van der Waals surface area contributed by atoms with E-state index in [2.05, 4.69) is 85.4 Å². The zero-order chi connectivity index (χ0) is 26.8. The van der Waals surface area contributed by atoms with Crippen molar-refractivity contribution in [2.24, 2.45) is 12.5 Å². The van der Waals surface area contributed by atoms with E-state index in [0.29, 0.717) is 5.56 Å². The van der Waals surface area contributed by atoms with E-state index in [9.17, 15) is 0 Å². The molecule has 0 saturated heterocycles. The molecule has 0 aliphatic rings. The Morgan fingerprint density at radius 1 is 0.806 bits per heavy atom. The summed E-state index contributed by atoms with van der Waals surface area (Å²) in [6, 6.07) is 29.3. The standard InChI is InChI=1S/C34H32NO/c1-22-10-16-28-29-18-25-8-6-7-9-26(25)19-31(29)36-33(28)32(22)30-17-15-27(21-35(30)5)24-13-11-23(12-14-24)20-34(2,3)4/h6-19,21H,20H2,1-5H3/q+1/i20D2. The van der Waals surface area contributed by atoms with Crippen LogP contribution in [0.2, 0.25) is 0 Å². The highest BCUT2D eigenvalue weighted by Gasteiger charge is 2.21. The average molecular weight is 473 g/mol. The van der Waals surface area contributed by atoms with Crippen LogP contribution in [0.4, 0.5) is 0 Å². The van der Waals surface area contributed by atoms with E-state index in [-0.39, 0.29) is 0 Å². The zero-order valence-corrected chi connectivity index (χ0v) is 21.5. The van der Waals surface area contributed by atoms with Gasteiger partial charge < -0.3 is 4.42 Å². The highest BCUT2D eigenvalue weighted by Crippen LogP contribution is 2.38. The largest absolute Gasteiger partial charge is 0.455 e. The van der Waals surface area contributed by atoms with E-state index < -0.39 is 11.8 Å². The Morgan fingerprint density at radius 3 is 2.19 bits per heavy atom. The van der Waals surface area contributed by atoms with Gasteiger partial charge in [-0.25, -0.2) is 4.57 Å². The molecule has 2 nitrogen and oxygen atoms in total. The van der Waals surface area contributed by atoms with Crippen LogP contribution in [0.3, 0.4) is 0 Å². The van der Waals surface area contributed by atoms with Crippen LogP contribution in [0.1, 0.15) is 34.6 Å². The van der Waals surface area contributed by atoms with Crippen molar-refractivity contribution in [2.45, 2.75) is 34.1 Å². The topological polar surface area (TPSA) is 17.0 Å². The zero-order valence-electron chi connectivity index (χ0n) is 23.5. The van der Waals surface area contributed by atoms with E-state index in [0.717, 1.165) is 44.3 Å². The summed E-state index contributed by atoms with van der Waals surface area (Å²) >= 11 is 0. The fourth-order valence-corrected chi connectivity index (χ4v) is 5.16. The number of aryl methyl sites for hydroxylation is 2. The van der Waals surface area contributed by atoms with Gasteiger partial charge in [0.1, 0.15) is 18.2 Å². The van der Waals surface area contributed by atoms with Crippen molar-refractivity contribution >= 4 is 32.7 Å². The van der Waals surface area contributed by atoms with Gasteiger partial charge in [0.15, 0.2) is 6.20 Å². The molecule has 2 aromatic heterocycles. The van der Waals surface area contributed by atoms with Crippen LogP contribution < -0.4 is 4.57 Å². The number of hydrogen-bond acceptors (Lipinski definition) is 1. The second-order valence-electron chi connectivity index (χ2n) is 10.8. The molecule has 2 heteroatoms. The highest BCUT2D eigenvalue weighted by atomic mass is 16.3. The second-order valence-corrected chi connectivity index (χ2v) is 10.8. The normalized spacial score (nSPS) is 13.4. The number of nitrogens with zero attached hydrogens (tertiary/aromatic N) is 1. The third kappa shape index (κ3) is 3.97. The van der Waals surface area contributed by atoms with Gasteiger partial charge in [0.05, 0.1) is 5.56 Å². The van der Waals surface area contributed by atoms with Gasteiger partial charge in [0.25, 0.3) is 0 Å². The molecule has 0 amide bonds. The summed E-state index contributed by atoms with van der Waals surface area (Å²) < 4.78 is 25.8. The summed E-state index contributed by atoms with van der Waals surface area (Å²) in [4.78, 5) is 0. The van der Waals surface area contributed by atoms with Gasteiger partial charge in [0, 0.05) is 25.1 Å². The van der Waals surface area contributed by atoms with E-state index in [4.69, 9.17) is 7.16 Å². The average Bonchev–Trinajstić information content (AvgIpc) is 3.24. The molecule has 6 rings (SSSR count). The summed E-state index contributed by atoms with van der Waals surface area (Å²) in [7, 11) is 2.07. The molecule has 0 fully saturated rings. The van der Waals surface area contributed by atoms with Crippen molar-refractivity contribution < 1.29 is 11.7 Å². The fraction of sp³-hybridized carbons (Fsp3) is 0.206. The maximum atomic E-state index is 8.57. The molecule has 0 bridgehead atoms. The van der Waals surface area contributed by atoms with Crippen molar-refractivity contribution in [2.75, 3.05) is 0 Å². The van der Waals surface area contributed by atoms with E-state index >= 15 is 0 Å². The number of hydrogen-bond donors (Lipinski definition) is 0. The van der Waals surface area contributed by atoms with Gasteiger partial charge >= 0.3 is 0 Å².